The van der Waals surface area contributed by atoms with Gasteiger partial charge in [0.15, 0.2) is 0 Å². The van der Waals surface area contributed by atoms with Gasteiger partial charge < -0.3 is 10.6 Å². The highest BCUT2D eigenvalue weighted by molar-refractivity contribution is 9.10. The molecule has 0 radical (unpaired) electrons. The second-order valence-corrected chi connectivity index (χ2v) is 5.17. The zero-order chi connectivity index (χ0) is 14.5. The average Bonchev–Trinajstić information content (AvgIpc) is 2.41. The van der Waals surface area contributed by atoms with Crippen LogP contribution in [0.3, 0.4) is 0 Å². The van der Waals surface area contributed by atoms with Gasteiger partial charge in [0.1, 0.15) is 5.82 Å². The van der Waals surface area contributed by atoms with E-state index >= 15 is 0 Å². The summed E-state index contributed by atoms with van der Waals surface area (Å²) in [4.78, 5) is 11.8. The lowest BCUT2D eigenvalue weighted by atomic mass is 10.2. The Morgan fingerprint density at radius 2 is 1.95 bits per heavy atom. The van der Waals surface area contributed by atoms with Gasteiger partial charge in [0.2, 0.25) is 5.91 Å². The van der Waals surface area contributed by atoms with E-state index in [2.05, 4.69) is 26.6 Å². The minimum atomic E-state index is -0.362. The molecular weight excluding hydrogens is 323 g/mol. The van der Waals surface area contributed by atoms with Crippen LogP contribution < -0.4 is 10.6 Å². The molecule has 2 aromatic rings. The van der Waals surface area contributed by atoms with Gasteiger partial charge in [-0.25, -0.2) is 4.39 Å². The molecule has 2 N–H and O–H groups in total. The largest absolute Gasteiger partial charge is 0.374 e. The van der Waals surface area contributed by atoms with Crippen LogP contribution in [0.4, 0.5) is 15.8 Å². The van der Waals surface area contributed by atoms with Gasteiger partial charge in [0.05, 0.1) is 17.9 Å². The van der Waals surface area contributed by atoms with Crippen LogP contribution in [0.15, 0.2) is 46.9 Å². The van der Waals surface area contributed by atoms with Crippen molar-refractivity contribution in [2.24, 2.45) is 0 Å². The second-order valence-electron chi connectivity index (χ2n) is 4.31. The van der Waals surface area contributed by atoms with Crippen molar-refractivity contribution in [2.45, 2.75) is 6.92 Å². The van der Waals surface area contributed by atoms with E-state index in [-0.39, 0.29) is 18.3 Å². The molecule has 0 fully saturated rings. The maximum Gasteiger partial charge on any atom is 0.243 e. The molecule has 0 atom stereocenters. The lowest BCUT2D eigenvalue weighted by molar-refractivity contribution is -0.114. The normalized spacial score (nSPS) is 10.2. The average molecular weight is 337 g/mol. The smallest absolute Gasteiger partial charge is 0.243 e. The number of nitrogens with one attached hydrogen (secondary N) is 2. The molecule has 0 unspecified atom stereocenters. The number of hydrogen-bond donors (Lipinski definition) is 2. The highest BCUT2D eigenvalue weighted by Gasteiger charge is 2.08. The topological polar surface area (TPSA) is 41.1 Å². The van der Waals surface area contributed by atoms with Gasteiger partial charge in [-0.05, 0) is 46.6 Å². The van der Waals surface area contributed by atoms with Gasteiger partial charge in [0.25, 0.3) is 0 Å². The molecule has 104 valence electrons. The third kappa shape index (κ3) is 3.57. The lowest BCUT2D eigenvalue weighted by Crippen LogP contribution is -2.22. The van der Waals surface area contributed by atoms with Crippen molar-refractivity contribution < 1.29 is 9.18 Å². The van der Waals surface area contributed by atoms with Crippen molar-refractivity contribution in [2.75, 3.05) is 17.2 Å². The Morgan fingerprint density at radius 1 is 1.20 bits per heavy atom. The van der Waals surface area contributed by atoms with Crippen molar-refractivity contribution >= 4 is 33.2 Å². The van der Waals surface area contributed by atoms with E-state index in [0.29, 0.717) is 11.4 Å². The summed E-state index contributed by atoms with van der Waals surface area (Å²) in [5.41, 5.74) is 1.80. The van der Waals surface area contributed by atoms with Crippen molar-refractivity contribution in [1.29, 1.82) is 0 Å². The summed E-state index contributed by atoms with van der Waals surface area (Å²) in [6.45, 7) is 1.79. The van der Waals surface area contributed by atoms with Crippen LogP contribution in [0.1, 0.15) is 5.56 Å². The number of hydrogen-bond acceptors (Lipinski definition) is 2. The first-order chi connectivity index (χ1) is 9.58. The maximum absolute atomic E-state index is 13.6. The Bertz CT molecular complexity index is 611. The molecule has 0 bridgehead atoms. The molecule has 0 saturated carbocycles. The molecule has 0 spiro atoms. The number of para-hydroxylation sites is 2. The van der Waals surface area contributed by atoms with Gasteiger partial charge in [-0.3, -0.25) is 4.79 Å². The number of halogens is 2. The van der Waals surface area contributed by atoms with Gasteiger partial charge in [-0.1, -0.05) is 24.3 Å². The van der Waals surface area contributed by atoms with Crippen LogP contribution in [0.2, 0.25) is 0 Å². The van der Waals surface area contributed by atoms with Crippen LogP contribution in [0.25, 0.3) is 0 Å². The molecule has 0 heterocycles. The van der Waals surface area contributed by atoms with Crippen LogP contribution in [0.5, 0.6) is 0 Å². The van der Waals surface area contributed by atoms with E-state index in [1.165, 1.54) is 6.07 Å². The Labute approximate surface area is 125 Å². The standard InChI is InChI=1S/C15H14BrFN2O/c1-10-5-4-7-12(17)15(10)18-9-14(20)19-13-8-3-2-6-11(13)16/h2-8,18H,9H2,1H3,(H,19,20). The predicted molar refractivity (Wildman–Crippen MR) is 82.4 cm³/mol. The van der Waals surface area contributed by atoms with Crippen LogP contribution in [-0.2, 0) is 4.79 Å². The number of amides is 1. The minimum absolute atomic E-state index is 0.00308. The van der Waals surface area contributed by atoms with E-state index in [1.54, 1.807) is 25.1 Å². The summed E-state index contributed by atoms with van der Waals surface area (Å²) in [6.07, 6.45) is 0. The first-order valence-corrected chi connectivity index (χ1v) is 6.90. The summed E-state index contributed by atoms with van der Waals surface area (Å²) in [6, 6.07) is 12.1. The lowest BCUT2D eigenvalue weighted by Gasteiger charge is -2.11. The van der Waals surface area contributed by atoms with E-state index in [1.807, 2.05) is 18.2 Å². The number of rotatable bonds is 4. The van der Waals surface area contributed by atoms with Gasteiger partial charge in [-0.2, -0.15) is 0 Å². The third-order valence-electron chi connectivity index (χ3n) is 2.80. The zero-order valence-electron chi connectivity index (χ0n) is 10.9. The third-order valence-corrected chi connectivity index (χ3v) is 3.49. The van der Waals surface area contributed by atoms with E-state index in [4.69, 9.17) is 0 Å². The molecule has 2 aromatic carbocycles. The van der Waals surface area contributed by atoms with Crippen LogP contribution >= 0.6 is 15.9 Å². The molecule has 0 aliphatic carbocycles. The maximum atomic E-state index is 13.6. The number of carbonyl (C=O) groups excluding carboxylic acids is 1. The molecular formula is C15H14BrFN2O. The van der Waals surface area contributed by atoms with E-state index < -0.39 is 0 Å². The summed E-state index contributed by atoms with van der Waals surface area (Å²) in [5, 5.41) is 5.57. The minimum Gasteiger partial charge on any atom is -0.374 e. The summed E-state index contributed by atoms with van der Waals surface area (Å²) < 4.78 is 14.4. The van der Waals surface area contributed by atoms with E-state index in [9.17, 15) is 9.18 Å². The Morgan fingerprint density at radius 3 is 2.65 bits per heavy atom. The van der Waals surface area contributed by atoms with Gasteiger partial charge >= 0.3 is 0 Å². The Hall–Kier alpha value is -1.88. The first kappa shape index (κ1) is 14.5. The van der Waals surface area contributed by atoms with Gasteiger partial charge in [-0.15, -0.1) is 0 Å². The van der Waals surface area contributed by atoms with Crippen LogP contribution in [0, 0.1) is 12.7 Å². The van der Waals surface area contributed by atoms with E-state index in [0.717, 1.165) is 10.0 Å². The Kier molecular flexibility index (Phi) is 4.74. The summed E-state index contributed by atoms with van der Waals surface area (Å²) in [7, 11) is 0. The quantitative estimate of drug-likeness (QED) is 0.887. The number of anilines is 2. The molecule has 1 amide bonds. The van der Waals surface area contributed by atoms with Crippen molar-refractivity contribution in [3.63, 3.8) is 0 Å². The molecule has 3 nitrogen and oxygen atoms in total. The number of benzene rings is 2. The molecule has 0 saturated heterocycles. The first-order valence-electron chi connectivity index (χ1n) is 6.11. The van der Waals surface area contributed by atoms with Crippen LogP contribution in [-0.4, -0.2) is 12.5 Å². The fourth-order valence-corrected chi connectivity index (χ4v) is 2.17. The fraction of sp³-hybridized carbons (Fsp3) is 0.133. The Balaban J connectivity index is 1.98. The molecule has 0 aliphatic heterocycles. The highest BCUT2D eigenvalue weighted by atomic mass is 79.9. The second kappa shape index (κ2) is 6.52. The molecule has 2 rings (SSSR count). The fourth-order valence-electron chi connectivity index (χ4n) is 1.78. The number of carbonyl (C=O) groups is 1. The zero-order valence-corrected chi connectivity index (χ0v) is 12.5. The van der Waals surface area contributed by atoms with Crippen molar-refractivity contribution in [3.8, 4) is 0 Å². The molecule has 20 heavy (non-hydrogen) atoms. The van der Waals surface area contributed by atoms with Crippen molar-refractivity contribution in [3.05, 3.63) is 58.3 Å². The SMILES string of the molecule is Cc1cccc(F)c1NCC(=O)Nc1ccccc1Br. The number of aryl methyl sites for hydroxylation is 1. The van der Waals surface area contributed by atoms with Gasteiger partial charge in [0, 0.05) is 4.47 Å². The summed E-state index contributed by atoms with van der Waals surface area (Å²) in [5.74, 6) is -0.599. The molecule has 0 aromatic heterocycles. The monoisotopic (exact) mass is 336 g/mol. The predicted octanol–water partition coefficient (Wildman–Crippen LogP) is 3.95. The summed E-state index contributed by atoms with van der Waals surface area (Å²) >= 11 is 3.35. The molecule has 0 aliphatic rings. The molecule has 5 heteroatoms. The highest BCUT2D eigenvalue weighted by Crippen LogP contribution is 2.21. The van der Waals surface area contributed by atoms with Crippen molar-refractivity contribution in [1.82, 2.24) is 0 Å².